The Bertz CT molecular complexity index is 786. The van der Waals surface area contributed by atoms with Gasteiger partial charge in [-0.2, -0.15) is 5.14 Å². The Balaban J connectivity index is 2.35. The summed E-state index contributed by atoms with van der Waals surface area (Å²) in [5.74, 6) is -0.426. The molecule has 3 aromatic rings. The van der Waals surface area contributed by atoms with Crippen molar-refractivity contribution < 1.29 is 13.3 Å². The Hall–Kier alpha value is -2.22. The summed E-state index contributed by atoms with van der Waals surface area (Å²) in [6.07, 6.45) is 3.26. The number of nitrogens with zero attached hydrogens (tertiary/aromatic N) is 2. The summed E-state index contributed by atoms with van der Waals surface area (Å²) >= 11 is -1.95. The summed E-state index contributed by atoms with van der Waals surface area (Å²) in [6, 6.07) is 11.1. The molecule has 0 amide bonds. The number of rotatable bonds is 4. The molecule has 0 saturated heterocycles. The summed E-state index contributed by atoms with van der Waals surface area (Å²) in [6.45, 7) is 0. The molecule has 1 aromatic heterocycles. The fourth-order valence-electron chi connectivity index (χ4n) is 2.82. The second-order valence-corrected chi connectivity index (χ2v) is 6.56. The molecule has 4 nitrogen and oxygen atoms in total. The van der Waals surface area contributed by atoms with Crippen LogP contribution in [0.3, 0.4) is 0 Å². The predicted molar refractivity (Wildman–Crippen MR) is 88.2 cm³/mol. The van der Waals surface area contributed by atoms with E-state index in [-0.39, 0.29) is 0 Å². The van der Waals surface area contributed by atoms with E-state index in [2.05, 4.69) is 4.98 Å². The van der Waals surface area contributed by atoms with E-state index in [1.807, 2.05) is 0 Å². The van der Waals surface area contributed by atoms with Crippen molar-refractivity contribution in [2.24, 2.45) is 12.2 Å². The van der Waals surface area contributed by atoms with Gasteiger partial charge in [-0.25, -0.2) is 13.8 Å². The molecule has 0 aliphatic heterocycles. The van der Waals surface area contributed by atoms with E-state index in [1.54, 1.807) is 24.0 Å². The van der Waals surface area contributed by atoms with Gasteiger partial charge in [-0.1, -0.05) is 0 Å². The third kappa shape index (κ3) is 2.60. The fraction of sp³-hybridized carbons (Fsp3) is 0.118. The van der Waals surface area contributed by atoms with Crippen LogP contribution in [-0.4, -0.2) is 14.1 Å². The summed E-state index contributed by atoms with van der Waals surface area (Å²) < 4.78 is 39.8. The van der Waals surface area contributed by atoms with Crippen LogP contribution in [0.5, 0.6) is 0 Å². The molecule has 124 valence electrons. The minimum atomic E-state index is -1.95. The van der Waals surface area contributed by atoms with Gasteiger partial charge in [0.15, 0.2) is 5.82 Å². The van der Waals surface area contributed by atoms with Crippen LogP contribution in [0.15, 0.2) is 60.9 Å². The minimum absolute atomic E-state index is 0.418. The Morgan fingerprint density at radius 3 is 1.79 bits per heavy atom. The number of hydrogen-bond acceptors (Lipinski definition) is 3. The fourth-order valence-corrected chi connectivity index (χ4v) is 3.93. The van der Waals surface area contributed by atoms with Gasteiger partial charge < -0.3 is 9.12 Å². The minimum Gasteiger partial charge on any atom is -0.597 e. The van der Waals surface area contributed by atoms with E-state index in [0.717, 1.165) is 0 Å². The lowest BCUT2D eigenvalue weighted by Gasteiger charge is -2.32. The maximum atomic E-state index is 13.4. The zero-order valence-corrected chi connectivity index (χ0v) is 13.6. The topological polar surface area (TPSA) is 66.9 Å². The van der Waals surface area contributed by atoms with Crippen molar-refractivity contribution in [3.05, 3.63) is 89.5 Å². The third-order valence-electron chi connectivity index (χ3n) is 3.94. The lowest BCUT2D eigenvalue weighted by atomic mass is 9.89. The van der Waals surface area contributed by atoms with Crippen LogP contribution < -0.4 is 5.14 Å². The van der Waals surface area contributed by atoms with Gasteiger partial charge in [-0.15, -0.1) is 0 Å². The van der Waals surface area contributed by atoms with Gasteiger partial charge in [0.25, 0.3) is 4.75 Å². The number of aromatic nitrogens is 2. The lowest BCUT2D eigenvalue weighted by Crippen LogP contribution is -2.44. The first-order valence-electron chi connectivity index (χ1n) is 7.12. The van der Waals surface area contributed by atoms with Crippen LogP contribution in [0.25, 0.3) is 0 Å². The van der Waals surface area contributed by atoms with Crippen LogP contribution in [0.4, 0.5) is 8.78 Å². The molecule has 0 spiro atoms. The molecule has 0 aliphatic rings. The van der Waals surface area contributed by atoms with Crippen LogP contribution in [0.2, 0.25) is 0 Å². The summed E-state index contributed by atoms with van der Waals surface area (Å²) in [5.41, 5.74) is 1.01. The monoisotopic (exact) mass is 347 g/mol. The molecule has 24 heavy (non-hydrogen) atoms. The Morgan fingerprint density at radius 2 is 1.46 bits per heavy atom. The van der Waals surface area contributed by atoms with Gasteiger partial charge in [0, 0.05) is 30.6 Å². The van der Waals surface area contributed by atoms with Crippen molar-refractivity contribution >= 4 is 11.4 Å². The summed E-state index contributed by atoms with van der Waals surface area (Å²) in [7, 11) is 1.75. The molecular weight excluding hydrogens is 332 g/mol. The number of benzene rings is 2. The second-order valence-electron chi connectivity index (χ2n) is 5.35. The van der Waals surface area contributed by atoms with E-state index in [9.17, 15) is 13.3 Å². The third-order valence-corrected chi connectivity index (χ3v) is 5.20. The standard InChI is InChI=1S/C17H15F2N3OS/c1-22-11-10-21-16(22)17(24(20)23,12-2-6-14(18)7-3-12)13-4-8-15(19)9-5-13/h2-11H,20H2,1H3. The van der Waals surface area contributed by atoms with Crippen molar-refractivity contribution in [2.45, 2.75) is 4.75 Å². The first kappa shape index (κ1) is 16.6. The maximum absolute atomic E-state index is 13.4. The summed E-state index contributed by atoms with van der Waals surface area (Å²) in [5, 5.41) is 5.90. The molecule has 1 atom stereocenters. The van der Waals surface area contributed by atoms with Crippen LogP contribution in [0, 0.1) is 11.6 Å². The normalized spacial score (nSPS) is 13.0. The van der Waals surface area contributed by atoms with Crippen LogP contribution in [0.1, 0.15) is 17.0 Å². The van der Waals surface area contributed by atoms with Crippen molar-refractivity contribution in [3.8, 4) is 0 Å². The first-order valence-corrected chi connectivity index (χ1v) is 8.33. The molecule has 3 rings (SSSR count). The number of nitrogens with two attached hydrogens (primary N) is 1. The van der Waals surface area contributed by atoms with Crippen molar-refractivity contribution in [3.63, 3.8) is 0 Å². The Kier molecular flexibility index (Phi) is 4.40. The number of imidazole rings is 1. The van der Waals surface area contributed by atoms with Crippen LogP contribution >= 0.6 is 0 Å². The largest absolute Gasteiger partial charge is 0.597 e. The summed E-state index contributed by atoms with van der Waals surface area (Å²) in [4.78, 5) is 4.31. The lowest BCUT2D eigenvalue weighted by molar-refractivity contribution is 0.559. The Labute approximate surface area is 141 Å². The van der Waals surface area contributed by atoms with Crippen molar-refractivity contribution in [1.29, 1.82) is 0 Å². The van der Waals surface area contributed by atoms with Crippen molar-refractivity contribution in [1.82, 2.24) is 9.55 Å². The van der Waals surface area contributed by atoms with Gasteiger partial charge in [-0.05, 0) is 48.5 Å². The smallest absolute Gasteiger partial charge is 0.251 e. The van der Waals surface area contributed by atoms with Gasteiger partial charge in [0.2, 0.25) is 0 Å². The van der Waals surface area contributed by atoms with E-state index in [0.29, 0.717) is 17.0 Å². The van der Waals surface area contributed by atoms with Crippen molar-refractivity contribution in [2.75, 3.05) is 0 Å². The van der Waals surface area contributed by atoms with Gasteiger partial charge in [0.1, 0.15) is 11.6 Å². The Morgan fingerprint density at radius 1 is 1.00 bits per heavy atom. The average Bonchev–Trinajstić information content (AvgIpc) is 2.98. The molecule has 0 saturated carbocycles. The van der Waals surface area contributed by atoms with E-state index < -0.39 is 27.7 Å². The van der Waals surface area contributed by atoms with E-state index in [4.69, 9.17) is 5.14 Å². The molecule has 2 N–H and O–H groups in total. The van der Waals surface area contributed by atoms with E-state index >= 15 is 0 Å². The first-order chi connectivity index (χ1) is 11.5. The van der Waals surface area contributed by atoms with Gasteiger partial charge >= 0.3 is 0 Å². The molecule has 1 heterocycles. The molecule has 7 heteroatoms. The average molecular weight is 347 g/mol. The van der Waals surface area contributed by atoms with E-state index in [1.165, 1.54) is 48.5 Å². The molecule has 0 fully saturated rings. The molecule has 2 aromatic carbocycles. The zero-order chi connectivity index (χ0) is 17.3. The molecule has 0 radical (unpaired) electrons. The SMILES string of the molecule is Cn1ccnc1C(c1ccc(F)cc1)(c1ccc(F)cc1)[S+](N)[O-]. The van der Waals surface area contributed by atoms with Gasteiger partial charge in [-0.3, -0.25) is 0 Å². The predicted octanol–water partition coefficient (Wildman–Crippen LogP) is 2.61. The number of aryl methyl sites for hydroxylation is 1. The molecule has 0 aliphatic carbocycles. The van der Waals surface area contributed by atoms with Crippen LogP contribution in [-0.2, 0) is 23.2 Å². The highest BCUT2D eigenvalue weighted by molar-refractivity contribution is 7.90. The highest BCUT2D eigenvalue weighted by Crippen LogP contribution is 2.41. The maximum Gasteiger partial charge on any atom is 0.251 e. The zero-order valence-electron chi connectivity index (χ0n) is 12.8. The molecule has 1 unspecified atom stereocenters. The number of hydrogen-bond donors (Lipinski definition) is 1. The molecular formula is C17H15F2N3OS. The number of halogens is 2. The van der Waals surface area contributed by atoms with Gasteiger partial charge in [0.05, 0.1) is 11.4 Å². The molecule has 0 bridgehead atoms. The second kappa shape index (κ2) is 6.35. The highest BCUT2D eigenvalue weighted by Gasteiger charge is 2.50. The quantitative estimate of drug-likeness (QED) is 0.738. The highest BCUT2D eigenvalue weighted by atomic mass is 32.2.